The lowest BCUT2D eigenvalue weighted by atomic mass is 9.95. The Morgan fingerprint density at radius 2 is 1.95 bits per heavy atom. The van der Waals surface area contributed by atoms with Crippen LogP contribution in [0.3, 0.4) is 0 Å². The zero-order valence-corrected chi connectivity index (χ0v) is 13.3. The Balaban J connectivity index is 2.32. The van der Waals surface area contributed by atoms with Gasteiger partial charge < -0.3 is 20.3 Å². The third kappa shape index (κ3) is 5.38. The van der Waals surface area contributed by atoms with E-state index in [-0.39, 0.29) is 12.0 Å². The highest BCUT2D eigenvalue weighted by Crippen LogP contribution is 2.19. The van der Waals surface area contributed by atoms with Crippen molar-refractivity contribution in [2.75, 3.05) is 46.4 Å². The zero-order valence-electron chi connectivity index (χ0n) is 13.3. The molecule has 0 saturated carbocycles. The van der Waals surface area contributed by atoms with E-state index in [2.05, 4.69) is 18.7 Å². The van der Waals surface area contributed by atoms with Crippen LogP contribution in [0.1, 0.15) is 33.1 Å². The van der Waals surface area contributed by atoms with Crippen molar-refractivity contribution in [2.24, 2.45) is 11.7 Å². The maximum absolute atomic E-state index is 12.1. The van der Waals surface area contributed by atoms with Gasteiger partial charge in [0, 0.05) is 33.3 Å². The highest BCUT2D eigenvalue weighted by atomic mass is 16.5. The number of hydrogen-bond donors (Lipinski definition) is 1. The molecule has 1 atom stereocenters. The van der Waals surface area contributed by atoms with Gasteiger partial charge in [0.25, 0.3) is 0 Å². The fraction of sp³-hybridized carbons (Fsp3) is 0.933. The normalized spacial score (nSPS) is 18.6. The lowest BCUT2D eigenvalue weighted by molar-refractivity contribution is -0.135. The Labute approximate surface area is 123 Å². The van der Waals surface area contributed by atoms with E-state index in [1.165, 1.54) is 6.54 Å². The molecule has 5 nitrogen and oxygen atoms in total. The van der Waals surface area contributed by atoms with Crippen LogP contribution < -0.4 is 5.73 Å². The highest BCUT2D eigenvalue weighted by Gasteiger charge is 2.25. The van der Waals surface area contributed by atoms with E-state index in [9.17, 15) is 4.79 Å². The standard InChI is InChI=1S/C15H31N3O2/c1-4-17(5-2)12-13-6-8-18(9-7-13)15(19)10-14(11-16)20-3/h13-14H,4-12,16H2,1-3H3. The summed E-state index contributed by atoms with van der Waals surface area (Å²) < 4.78 is 5.18. The molecule has 118 valence electrons. The summed E-state index contributed by atoms with van der Waals surface area (Å²) >= 11 is 0. The molecule has 1 saturated heterocycles. The summed E-state index contributed by atoms with van der Waals surface area (Å²) in [5, 5.41) is 0. The minimum absolute atomic E-state index is 0.143. The lowest BCUT2D eigenvalue weighted by Gasteiger charge is -2.35. The number of hydrogen-bond acceptors (Lipinski definition) is 4. The third-order valence-electron chi connectivity index (χ3n) is 4.38. The maximum atomic E-state index is 12.1. The van der Waals surface area contributed by atoms with Gasteiger partial charge in [-0.05, 0) is 31.8 Å². The van der Waals surface area contributed by atoms with E-state index in [0.717, 1.165) is 44.9 Å². The minimum Gasteiger partial charge on any atom is -0.380 e. The Bertz CT molecular complexity index is 270. The molecule has 0 spiro atoms. The van der Waals surface area contributed by atoms with Gasteiger partial charge in [-0.1, -0.05) is 13.8 Å². The van der Waals surface area contributed by atoms with Crippen LogP contribution in [0.25, 0.3) is 0 Å². The SMILES string of the molecule is CCN(CC)CC1CCN(C(=O)CC(CN)OC)CC1. The van der Waals surface area contributed by atoms with Crippen molar-refractivity contribution in [2.45, 2.75) is 39.2 Å². The van der Waals surface area contributed by atoms with Gasteiger partial charge >= 0.3 is 0 Å². The van der Waals surface area contributed by atoms with Crippen LogP contribution in [0.5, 0.6) is 0 Å². The summed E-state index contributed by atoms with van der Waals surface area (Å²) in [6.45, 7) is 9.97. The van der Waals surface area contributed by atoms with Crippen molar-refractivity contribution in [3.63, 3.8) is 0 Å². The molecule has 1 amide bonds. The molecular weight excluding hydrogens is 254 g/mol. The third-order valence-corrected chi connectivity index (χ3v) is 4.38. The molecule has 5 heteroatoms. The van der Waals surface area contributed by atoms with E-state index >= 15 is 0 Å². The number of carbonyl (C=O) groups excluding carboxylic acids is 1. The summed E-state index contributed by atoms with van der Waals surface area (Å²) in [7, 11) is 1.61. The molecule has 1 fully saturated rings. The van der Waals surface area contributed by atoms with E-state index in [1.807, 2.05) is 4.90 Å². The molecule has 0 aromatic heterocycles. The van der Waals surface area contributed by atoms with Crippen molar-refractivity contribution in [1.82, 2.24) is 9.80 Å². The molecule has 1 aliphatic rings. The second-order valence-corrected chi connectivity index (χ2v) is 5.61. The quantitative estimate of drug-likeness (QED) is 0.721. The van der Waals surface area contributed by atoms with Gasteiger partial charge in [0.1, 0.15) is 0 Å². The molecule has 0 aliphatic carbocycles. The first-order valence-electron chi connectivity index (χ1n) is 7.87. The maximum Gasteiger partial charge on any atom is 0.225 e. The van der Waals surface area contributed by atoms with Crippen LogP contribution in [-0.2, 0) is 9.53 Å². The van der Waals surface area contributed by atoms with Gasteiger partial charge in [-0.3, -0.25) is 4.79 Å². The average Bonchev–Trinajstić information content (AvgIpc) is 2.50. The van der Waals surface area contributed by atoms with E-state index in [1.54, 1.807) is 7.11 Å². The van der Waals surface area contributed by atoms with Crippen LogP contribution >= 0.6 is 0 Å². The van der Waals surface area contributed by atoms with E-state index in [0.29, 0.717) is 13.0 Å². The van der Waals surface area contributed by atoms with Gasteiger partial charge in [-0.25, -0.2) is 0 Å². The summed E-state index contributed by atoms with van der Waals surface area (Å²) in [6, 6.07) is 0. The molecule has 1 rings (SSSR count). The number of rotatable bonds is 8. The summed E-state index contributed by atoms with van der Waals surface area (Å²) in [4.78, 5) is 16.6. The molecule has 0 bridgehead atoms. The molecule has 1 unspecified atom stereocenters. The average molecular weight is 285 g/mol. The number of nitrogens with zero attached hydrogens (tertiary/aromatic N) is 2. The molecule has 2 N–H and O–H groups in total. The minimum atomic E-state index is -0.143. The molecule has 0 radical (unpaired) electrons. The van der Waals surface area contributed by atoms with Crippen molar-refractivity contribution < 1.29 is 9.53 Å². The Kier molecular flexibility index (Phi) is 8.11. The molecule has 0 aromatic carbocycles. The lowest BCUT2D eigenvalue weighted by Crippen LogP contribution is -2.43. The Morgan fingerprint density at radius 3 is 2.40 bits per heavy atom. The topological polar surface area (TPSA) is 58.8 Å². The predicted molar refractivity (Wildman–Crippen MR) is 81.6 cm³/mol. The monoisotopic (exact) mass is 285 g/mol. The summed E-state index contributed by atoms with van der Waals surface area (Å²) in [5.74, 6) is 0.912. The Hall–Kier alpha value is -0.650. The molecule has 20 heavy (non-hydrogen) atoms. The first kappa shape index (κ1) is 17.4. The number of carbonyl (C=O) groups is 1. The van der Waals surface area contributed by atoms with Gasteiger partial charge in [0.15, 0.2) is 0 Å². The molecule has 0 aromatic rings. The van der Waals surface area contributed by atoms with E-state index < -0.39 is 0 Å². The number of methoxy groups -OCH3 is 1. The molecular formula is C15H31N3O2. The second kappa shape index (κ2) is 9.32. The smallest absolute Gasteiger partial charge is 0.225 e. The van der Waals surface area contributed by atoms with Crippen molar-refractivity contribution in [3.8, 4) is 0 Å². The van der Waals surface area contributed by atoms with Gasteiger partial charge in [0.05, 0.1) is 12.5 Å². The molecule has 1 aliphatic heterocycles. The summed E-state index contributed by atoms with van der Waals surface area (Å²) in [6.07, 6.45) is 2.49. The summed E-state index contributed by atoms with van der Waals surface area (Å²) in [5.41, 5.74) is 5.57. The van der Waals surface area contributed by atoms with Gasteiger partial charge in [-0.2, -0.15) is 0 Å². The predicted octanol–water partition coefficient (Wildman–Crippen LogP) is 0.931. The number of nitrogens with two attached hydrogens (primary N) is 1. The van der Waals surface area contributed by atoms with Gasteiger partial charge in [-0.15, -0.1) is 0 Å². The highest BCUT2D eigenvalue weighted by molar-refractivity contribution is 5.76. The number of ether oxygens (including phenoxy) is 1. The fourth-order valence-corrected chi connectivity index (χ4v) is 2.80. The van der Waals surface area contributed by atoms with Crippen molar-refractivity contribution in [1.29, 1.82) is 0 Å². The Morgan fingerprint density at radius 1 is 1.35 bits per heavy atom. The van der Waals surface area contributed by atoms with Crippen LogP contribution in [0, 0.1) is 5.92 Å². The van der Waals surface area contributed by atoms with Crippen molar-refractivity contribution in [3.05, 3.63) is 0 Å². The van der Waals surface area contributed by atoms with Crippen molar-refractivity contribution >= 4 is 5.91 Å². The zero-order chi connectivity index (χ0) is 15.0. The number of amides is 1. The second-order valence-electron chi connectivity index (χ2n) is 5.61. The largest absolute Gasteiger partial charge is 0.380 e. The van der Waals surface area contributed by atoms with Gasteiger partial charge in [0.2, 0.25) is 5.91 Å². The van der Waals surface area contributed by atoms with Crippen LogP contribution in [0.15, 0.2) is 0 Å². The molecule has 1 heterocycles. The number of piperidine rings is 1. The van der Waals surface area contributed by atoms with Crippen LogP contribution in [-0.4, -0.2) is 68.2 Å². The first-order chi connectivity index (χ1) is 9.64. The van der Waals surface area contributed by atoms with Crippen LogP contribution in [0.4, 0.5) is 0 Å². The first-order valence-corrected chi connectivity index (χ1v) is 7.87. The van der Waals surface area contributed by atoms with E-state index in [4.69, 9.17) is 10.5 Å². The van der Waals surface area contributed by atoms with Crippen LogP contribution in [0.2, 0.25) is 0 Å². The number of likely N-dealkylation sites (tertiary alicyclic amines) is 1. The fourth-order valence-electron chi connectivity index (χ4n) is 2.80.